The molecule has 3 nitrogen and oxygen atoms in total. The van der Waals surface area contributed by atoms with Gasteiger partial charge in [-0.05, 0) is 23.3 Å². The van der Waals surface area contributed by atoms with Crippen LogP contribution in [0, 0.1) is 0 Å². The molecule has 4 heteroatoms. The minimum Gasteiger partial charge on any atom is -0.340 e. The minimum absolute atomic E-state index is 0.0869. The molecule has 0 radical (unpaired) electrons. The molecule has 0 fully saturated rings. The Balaban J connectivity index is 2.05. The van der Waals surface area contributed by atoms with Crippen LogP contribution in [0.2, 0.25) is 0 Å². The van der Waals surface area contributed by atoms with Crippen LogP contribution in [0.25, 0.3) is 0 Å². The third-order valence-electron chi connectivity index (χ3n) is 3.11. The molecule has 0 unspecified atom stereocenters. The van der Waals surface area contributed by atoms with Gasteiger partial charge in [0.2, 0.25) is 5.91 Å². The summed E-state index contributed by atoms with van der Waals surface area (Å²) in [5, 5.41) is 0. The molecule has 0 heterocycles. The van der Waals surface area contributed by atoms with Crippen LogP contribution in [0.1, 0.15) is 17.2 Å². The maximum absolute atomic E-state index is 12.3. The molecule has 104 valence electrons. The van der Waals surface area contributed by atoms with Gasteiger partial charge in [-0.25, -0.2) is 0 Å². The zero-order valence-corrected chi connectivity index (χ0v) is 12.9. The number of rotatable bonds is 4. The number of hydrogen-bond acceptors (Lipinski definition) is 2. The number of benzene rings is 2. The number of nitrogens with two attached hydrogens (primary N) is 1. The van der Waals surface area contributed by atoms with E-state index in [1.165, 1.54) is 0 Å². The molecule has 2 aromatic carbocycles. The third-order valence-corrected chi connectivity index (χ3v) is 3.60. The summed E-state index contributed by atoms with van der Waals surface area (Å²) in [6.45, 7) is 0.540. The fraction of sp³-hybridized carbons (Fsp3) is 0.188. The van der Waals surface area contributed by atoms with Crippen molar-refractivity contribution in [2.24, 2.45) is 5.73 Å². The Hall–Kier alpha value is -1.65. The van der Waals surface area contributed by atoms with Crippen molar-refractivity contribution in [2.45, 2.75) is 12.6 Å². The number of hydrogen-bond donors (Lipinski definition) is 1. The van der Waals surface area contributed by atoms with Gasteiger partial charge >= 0.3 is 0 Å². The van der Waals surface area contributed by atoms with E-state index in [0.29, 0.717) is 6.54 Å². The largest absolute Gasteiger partial charge is 0.340 e. The van der Waals surface area contributed by atoms with Gasteiger partial charge in [0.05, 0.1) is 0 Å². The van der Waals surface area contributed by atoms with Crippen molar-refractivity contribution >= 4 is 21.8 Å². The van der Waals surface area contributed by atoms with Gasteiger partial charge in [-0.15, -0.1) is 0 Å². The van der Waals surface area contributed by atoms with Gasteiger partial charge in [-0.3, -0.25) is 4.79 Å². The summed E-state index contributed by atoms with van der Waals surface area (Å²) in [6, 6.07) is 16.7. The molecule has 0 aliphatic rings. The summed E-state index contributed by atoms with van der Waals surface area (Å²) in [5.74, 6) is -0.0869. The average Bonchev–Trinajstić information content (AvgIpc) is 2.46. The van der Waals surface area contributed by atoms with Crippen LogP contribution in [0.15, 0.2) is 59.1 Å². The SMILES string of the molecule is CN(Cc1cccc(Br)c1)C(=O)[C@H](N)c1ccccc1. The van der Waals surface area contributed by atoms with Crippen molar-refractivity contribution in [3.8, 4) is 0 Å². The monoisotopic (exact) mass is 332 g/mol. The van der Waals surface area contributed by atoms with Crippen LogP contribution < -0.4 is 5.73 Å². The highest BCUT2D eigenvalue weighted by Gasteiger charge is 2.19. The van der Waals surface area contributed by atoms with E-state index in [2.05, 4.69) is 15.9 Å². The highest BCUT2D eigenvalue weighted by atomic mass is 79.9. The topological polar surface area (TPSA) is 46.3 Å². The highest BCUT2D eigenvalue weighted by molar-refractivity contribution is 9.10. The second kappa shape index (κ2) is 6.68. The van der Waals surface area contributed by atoms with Gasteiger partial charge in [0.25, 0.3) is 0 Å². The van der Waals surface area contributed by atoms with E-state index in [9.17, 15) is 4.79 Å². The molecule has 0 aliphatic heterocycles. The van der Waals surface area contributed by atoms with Gasteiger partial charge in [-0.1, -0.05) is 58.4 Å². The molecule has 0 spiro atoms. The second-order valence-electron chi connectivity index (χ2n) is 4.71. The summed E-state index contributed by atoms with van der Waals surface area (Å²) in [4.78, 5) is 14.0. The van der Waals surface area contributed by atoms with Crippen LogP contribution in [-0.2, 0) is 11.3 Å². The van der Waals surface area contributed by atoms with Crippen LogP contribution >= 0.6 is 15.9 Å². The average molecular weight is 333 g/mol. The van der Waals surface area contributed by atoms with Gasteiger partial charge < -0.3 is 10.6 Å². The fourth-order valence-corrected chi connectivity index (χ4v) is 2.47. The van der Waals surface area contributed by atoms with Crippen LogP contribution in [0.4, 0.5) is 0 Å². The van der Waals surface area contributed by atoms with Gasteiger partial charge in [-0.2, -0.15) is 0 Å². The van der Waals surface area contributed by atoms with Crippen LogP contribution in [-0.4, -0.2) is 17.9 Å². The lowest BCUT2D eigenvalue weighted by Crippen LogP contribution is -2.35. The van der Waals surface area contributed by atoms with E-state index >= 15 is 0 Å². The van der Waals surface area contributed by atoms with Gasteiger partial charge in [0, 0.05) is 18.1 Å². The number of carbonyl (C=O) groups excluding carboxylic acids is 1. The molecule has 1 amide bonds. The molecule has 0 bridgehead atoms. The molecule has 2 rings (SSSR count). The lowest BCUT2D eigenvalue weighted by Gasteiger charge is -2.21. The number of carbonyl (C=O) groups is 1. The van der Waals surface area contributed by atoms with E-state index in [0.717, 1.165) is 15.6 Å². The summed E-state index contributed by atoms with van der Waals surface area (Å²) in [7, 11) is 1.77. The summed E-state index contributed by atoms with van der Waals surface area (Å²) in [5.41, 5.74) is 7.92. The first-order valence-electron chi connectivity index (χ1n) is 6.38. The minimum atomic E-state index is -0.617. The molecule has 0 aliphatic carbocycles. The summed E-state index contributed by atoms with van der Waals surface area (Å²) < 4.78 is 1.00. The Labute approximate surface area is 127 Å². The Bertz CT molecular complexity index is 586. The maximum Gasteiger partial charge on any atom is 0.244 e. The zero-order valence-electron chi connectivity index (χ0n) is 11.3. The molecule has 0 saturated heterocycles. The van der Waals surface area contributed by atoms with Crippen molar-refractivity contribution in [2.75, 3.05) is 7.05 Å². The van der Waals surface area contributed by atoms with Crippen molar-refractivity contribution in [1.29, 1.82) is 0 Å². The molecule has 0 aromatic heterocycles. The summed E-state index contributed by atoms with van der Waals surface area (Å²) in [6.07, 6.45) is 0. The predicted octanol–water partition coefficient (Wildman–Crippen LogP) is 3.11. The number of nitrogens with zero attached hydrogens (tertiary/aromatic N) is 1. The van der Waals surface area contributed by atoms with Crippen LogP contribution in [0.3, 0.4) is 0 Å². The number of likely N-dealkylation sites (N-methyl/N-ethyl adjacent to an activating group) is 1. The van der Waals surface area contributed by atoms with Gasteiger partial charge in [0.1, 0.15) is 6.04 Å². The Morgan fingerprint density at radius 3 is 2.55 bits per heavy atom. The molecule has 2 N–H and O–H groups in total. The Kier molecular flexibility index (Phi) is 4.93. The van der Waals surface area contributed by atoms with E-state index in [1.54, 1.807) is 11.9 Å². The molecular formula is C16H17BrN2O. The first kappa shape index (κ1) is 14.8. The molecule has 20 heavy (non-hydrogen) atoms. The standard InChI is InChI=1S/C16H17BrN2O/c1-19(11-12-6-5-9-14(17)10-12)16(20)15(18)13-7-3-2-4-8-13/h2-10,15H,11,18H2,1H3/t15-/m1/s1. The Morgan fingerprint density at radius 2 is 1.90 bits per heavy atom. The van der Waals surface area contributed by atoms with Crippen molar-refractivity contribution in [1.82, 2.24) is 4.90 Å². The maximum atomic E-state index is 12.3. The number of amides is 1. The molecule has 0 saturated carbocycles. The molecular weight excluding hydrogens is 316 g/mol. The lowest BCUT2D eigenvalue weighted by atomic mass is 10.1. The Morgan fingerprint density at radius 1 is 1.20 bits per heavy atom. The smallest absolute Gasteiger partial charge is 0.244 e. The van der Waals surface area contributed by atoms with E-state index in [1.807, 2.05) is 54.6 Å². The van der Waals surface area contributed by atoms with Crippen molar-refractivity contribution < 1.29 is 4.79 Å². The first-order valence-corrected chi connectivity index (χ1v) is 7.17. The number of halogens is 1. The normalized spacial score (nSPS) is 11.9. The zero-order chi connectivity index (χ0) is 14.5. The van der Waals surface area contributed by atoms with Crippen LogP contribution in [0.5, 0.6) is 0 Å². The quantitative estimate of drug-likeness (QED) is 0.935. The van der Waals surface area contributed by atoms with E-state index in [-0.39, 0.29) is 5.91 Å². The predicted molar refractivity (Wildman–Crippen MR) is 84.0 cm³/mol. The lowest BCUT2D eigenvalue weighted by molar-refractivity contribution is -0.131. The van der Waals surface area contributed by atoms with Gasteiger partial charge in [0.15, 0.2) is 0 Å². The third kappa shape index (κ3) is 3.68. The summed E-state index contributed by atoms with van der Waals surface area (Å²) >= 11 is 3.43. The van der Waals surface area contributed by atoms with Crippen molar-refractivity contribution in [3.63, 3.8) is 0 Å². The highest BCUT2D eigenvalue weighted by Crippen LogP contribution is 2.16. The molecule has 2 aromatic rings. The second-order valence-corrected chi connectivity index (χ2v) is 5.63. The van der Waals surface area contributed by atoms with E-state index < -0.39 is 6.04 Å². The molecule has 1 atom stereocenters. The van der Waals surface area contributed by atoms with Crippen molar-refractivity contribution in [3.05, 3.63) is 70.2 Å². The van der Waals surface area contributed by atoms with E-state index in [4.69, 9.17) is 5.73 Å². The fourth-order valence-electron chi connectivity index (χ4n) is 2.03. The first-order chi connectivity index (χ1) is 9.58.